The average Bonchev–Trinajstić information content (AvgIpc) is 2.78. The molecule has 0 radical (unpaired) electrons. The van der Waals surface area contributed by atoms with Crippen LogP contribution in [-0.4, -0.2) is 23.8 Å². The molecule has 0 bridgehead atoms. The molecule has 6 heteroatoms. The molecule has 0 saturated carbocycles. The summed E-state index contributed by atoms with van der Waals surface area (Å²) in [6.07, 6.45) is 0.616. The van der Waals surface area contributed by atoms with E-state index in [-0.39, 0.29) is 13.0 Å². The Morgan fingerprint density at radius 2 is 2.41 bits per heavy atom. The number of carboxylic acids is 1. The number of carboxylic acid groups (broad SMARTS) is 1. The predicted octanol–water partition coefficient (Wildman–Crippen LogP) is 2.18. The normalized spacial score (nSPS) is 11.5. The Kier molecular flexibility index (Phi) is 5.22. The number of carbonyl (C=O) groups excluding carboxylic acids is 1. The monoisotopic (exact) mass is 255 g/mol. The lowest BCUT2D eigenvalue weighted by Crippen LogP contribution is -2.30. The number of carbonyl (C=O) groups is 2. The van der Waals surface area contributed by atoms with Crippen molar-refractivity contribution in [3.05, 3.63) is 35.0 Å². The number of hydrogen-bond acceptors (Lipinski definition) is 4. The van der Waals surface area contributed by atoms with Crippen LogP contribution >= 0.6 is 11.3 Å². The maximum absolute atomic E-state index is 11.3. The molecule has 1 unspecified atom stereocenters. The summed E-state index contributed by atoms with van der Waals surface area (Å²) in [5.41, 5.74) is 0. The second-order valence-electron chi connectivity index (χ2n) is 3.20. The molecule has 5 nitrogen and oxygen atoms in total. The van der Waals surface area contributed by atoms with Crippen LogP contribution in [0.25, 0.3) is 0 Å². The molecule has 1 amide bonds. The third kappa shape index (κ3) is 4.69. The number of alkyl carbamates (subject to hydrolysis) is 1. The summed E-state index contributed by atoms with van der Waals surface area (Å²) in [4.78, 5) is 22.8. The van der Waals surface area contributed by atoms with Crippen molar-refractivity contribution in [3.8, 4) is 0 Å². The first kappa shape index (κ1) is 13.2. The van der Waals surface area contributed by atoms with Gasteiger partial charge in [0.05, 0.1) is 12.5 Å². The topological polar surface area (TPSA) is 75.6 Å². The molecule has 0 aromatic carbocycles. The second kappa shape index (κ2) is 6.70. The van der Waals surface area contributed by atoms with Crippen LogP contribution in [0.3, 0.4) is 0 Å². The van der Waals surface area contributed by atoms with E-state index >= 15 is 0 Å². The van der Waals surface area contributed by atoms with Crippen LogP contribution in [0.5, 0.6) is 0 Å². The Labute approximate surface area is 103 Å². The van der Waals surface area contributed by atoms with Crippen molar-refractivity contribution < 1.29 is 19.4 Å². The van der Waals surface area contributed by atoms with Crippen LogP contribution in [0.15, 0.2) is 30.2 Å². The van der Waals surface area contributed by atoms with E-state index in [9.17, 15) is 9.59 Å². The number of amides is 1. The van der Waals surface area contributed by atoms with Crippen LogP contribution < -0.4 is 5.32 Å². The fourth-order valence-electron chi connectivity index (χ4n) is 1.21. The molecule has 0 spiro atoms. The number of rotatable bonds is 6. The minimum Gasteiger partial charge on any atom is -0.481 e. The van der Waals surface area contributed by atoms with Gasteiger partial charge in [0.1, 0.15) is 6.61 Å². The van der Waals surface area contributed by atoms with E-state index in [4.69, 9.17) is 9.84 Å². The summed E-state index contributed by atoms with van der Waals surface area (Å²) in [5.74, 6) is -0.979. The fourth-order valence-corrected chi connectivity index (χ4v) is 1.98. The Morgan fingerprint density at radius 3 is 2.94 bits per heavy atom. The smallest absolute Gasteiger partial charge is 0.407 e. The van der Waals surface area contributed by atoms with E-state index in [1.807, 2.05) is 5.38 Å². The zero-order chi connectivity index (χ0) is 12.7. The molecule has 0 aliphatic rings. The van der Waals surface area contributed by atoms with Gasteiger partial charge in [-0.05, 0) is 11.4 Å². The summed E-state index contributed by atoms with van der Waals surface area (Å²) >= 11 is 1.39. The first-order valence-electron chi connectivity index (χ1n) is 4.93. The minimum atomic E-state index is -0.979. The Hall–Kier alpha value is -1.82. The Bertz CT molecular complexity index is 388. The van der Waals surface area contributed by atoms with E-state index < -0.39 is 18.1 Å². The molecule has 1 rings (SSSR count). The predicted molar refractivity (Wildman–Crippen MR) is 64.0 cm³/mol. The fraction of sp³-hybridized carbons (Fsp3) is 0.273. The van der Waals surface area contributed by atoms with E-state index in [0.717, 1.165) is 4.88 Å². The van der Waals surface area contributed by atoms with Gasteiger partial charge in [0.25, 0.3) is 0 Å². The van der Waals surface area contributed by atoms with E-state index in [2.05, 4.69) is 11.9 Å². The van der Waals surface area contributed by atoms with Crippen LogP contribution in [0.4, 0.5) is 4.79 Å². The van der Waals surface area contributed by atoms with Crippen LogP contribution in [0, 0.1) is 0 Å². The Morgan fingerprint density at radius 1 is 1.65 bits per heavy atom. The van der Waals surface area contributed by atoms with Gasteiger partial charge in [0, 0.05) is 4.88 Å². The van der Waals surface area contributed by atoms with Crippen molar-refractivity contribution in [1.82, 2.24) is 5.32 Å². The number of nitrogens with one attached hydrogen (secondary N) is 1. The molecule has 0 saturated heterocycles. The maximum atomic E-state index is 11.3. The summed E-state index contributed by atoms with van der Waals surface area (Å²) in [6, 6.07) is 3.00. The first-order chi connectivity index (χ1) is 8.13. The van der Waals surface area contributed by atoms with Gasteiger partial charge in [-0.25, -0.2) is 4.79 Å². The lowest BCUT2D eigenvalue weighted by atomic mass is 10.2. The average molecular weight is 255 g/mol. The SMILES string of the molecule is C=CCOC(=O)NC(CC(=O)O)c1cccs1. The molecule has 1 atom stereocenters. The molecular formula is C11H13NO4S. The van der Waals surface area contributed by atoms with Gasteiger partial charge in [-0.1, -0.05) is 18.7 Å². The molecule has 92 valence electrons. The maximum Gasteiger partial charge on any atom is 0.407 e. The molecule has 0 fully saturated rings. The third-order valence-corrected chi connectivity index (χ3v) is 2.88. The summed E-state index contributed by atoms with van der Waals surface area (Å²) in [5, 5.41) is 13.1. The first-order valence-corrected chi connectivity index (χ1v) is 5.81. The van der Waals surface area contributed by atoms with Gasteiger partial charge in [0.2, 0.25) is 0 Å². The molecule has 0 aliphatic heterocycles. The summed E-state index contributed by atoms with van der Waals surface area (Å²) in [7, 11) is 0. The molecule has 1 aromatic heterocycles. The van der Waals surface area contributed by atoms with Crippen molar-refractivity contribution in [3.63, 3.8) is 0 Å². The number of ether oxygens (including phenoxy) is 1. The van der Waals surface area contributed by atoms with Gasteiger partial charge in [-0.2, -0.15) is 0 Å². The zero-order valence-electron chi connectivity index (χ0n) is 9.09. The quantitative estimate of drug-likeness (QED) is 0.764. The van der Waals surface area contributed by atoms with E-state index in [0.29, 0.717) is 0 Å². The van der Waals surface area contributed by atoms with E-state index in [1.54, 1.807) is 12.1 Å². The van der Waals surface area contributed by atoms with Gasteiger partial charge in [-0.15, -0.1) is 11.3 Å². The molecule has 1 aromatic rings. The van der Waals surface area contributed by atoms with Crippen molar-refractivity contribution in [2.45, 2.75) is 12.5 Å². The lowest BCUT2D eigenvalue weighted by Gasteiger charge is -2.14. The highest BCUT2D eigenvalue weighted by Crippen LogP contribution is 2.22. The largest absolute Gasteiger partial charge is 0.481 e. The van der Waals surface area contributed by atoms with E-state index in [1.165, 1.54) is 17.4 Å². The van der Waals surface area contributed by atoms with Gasteiger partial charge in [0.15, 0.2) is 0 Å². The molecular weight excluding hydrogens is 242 g/mol. The number of thiophene rings is 1. The second-order valence-corrected chi connectivity index (χ2v) is 4.18. The van der Waals surface area contributed by atoms with Crippen molar-refractivity contribution in [2.24, 2.45) is 0 Å². The summed E-state index contributed by atoms with van der Waals surface area (Å²) in [6.45, 7) is 3.51. The van der Waals surface area contributed by atoms with Gasteiger partial charge in [-0.3, -0.25) is 4.79 Å². The van der Waals surface area contributed by atoms with Crippen LogP contribution in [0.1, 0.15) is 17.3 Å². The highest BCUT2D eigenvalue weighted by molar-refractivity contribution is 7.10. The highest BCUT2D eigenvalue weighted by Gasteiger charge is 2.19. The number of hydrogen-bond donors (Lipinski definition) is 2. The van der Waals surface area contributed by atoms with Crippen LogP contribution in [0.2, 0.25) is 0 Å². The van der Waals surface area contributed by atoms with Crippen LogP contribution in [-0.2, 0) is 9.53 Å². The summed E-state index contributed by atoms with van der Waals surface area (Å²) < 4.78 is 4.74. The lowest BCUT2D eigenvalue weighted by molar-refractivity contribution is -0.137. The third-order valence-electron chi connectivity index (χ3n) is 1.89. The molecule has 2 N–H and O–H groups in total. The van der Waals surface area contributed by atoms with Crippen molar-refractivity contribution in [2.75, 3.05) is 6.61 Å². The molecule has 0 aliphatic carbocycles. The standard InChI is InChI=1S/C11H13NO4S/c1-2-5-16-11(15)12-8(7-10(13)14)9-4-3-6-17-9/h2-4,6,8H,1,5,7H2,(H,12,15)(H,13,14). The Balaban J connectivity index is 2.61. The zero-order valence-corrected chi connectivity index (χ0v) is 9.90. The number of aliphatic carboxylic acids is 1. The highest BCUT2D eigenvalue weighted by atomic mass is 32.1. The minimum absolute atomic E-state index is 0.0933. The van der Waals surface area contributed by atoms with Gasteiger partial charge < -0.3 is 15.2 Å². The van der Waals surface area contributed by atoms with Gasteiger partial charge >= 0.3 is 12.1 Å². The van der Waals surface area contributed by atoms with Crippen molar-refractivity contribution in [1.29, 1.82) is 0 Å². The van der Waals surface area contributed by atoms with Crippen molar-refractivity contribution >= 4 is 23.4 Å². The molecule has 1 heterocycles. The molecule has 17 heavy (non-hydrogen) atoms.